The number of fused-ring (bicyclic) bond motifs is 1. The molecule has 2 nitrogen and oxygen atoms in total. The van der Waals surface area contributed by atoms with Crippen LogP contribution in [-0.4, -0.2) is 38.1 Å². The van der Waals surface area contributed by atoms with Crippen LogP contribution in [0.15, 0.2) is 48.5 Å². The largest absolute Gasteiger partial charge is 0.371 e. The maximum absolute atomic E-state index is 14.1. The zero-order valence-electron chi connectivity index (χ0n) is 17.6. The Morgan fingerprint density at radius 3 is 2.41 bits per heavy atom. The molecular weight excluding hydrogens is 366 g/mol. The second-order valence-electron chi connectivity index (χ2n) is 7.93. The fourth-order valence-corrected chi connectivity index (χ4v) is 3.95. The van der Waals surface area contributed by atoms with Gasteiger partial charge in [0.25, 0.3) is 0 Å². The van der Waals surface area contributed by atoms with Gasteiger partial charge in [-0.05, 0) is 87.3 Å². The standard InChI is InChI=1S/C25H32F2N2/c1-3-4-15-28(2)16-5-6-17-29-18-7-8-23(20-9-11-21(26)12-10-20)24-14-13-22(27)19-25(24)29/h8-14,19H,3-7,15-18H2,1-2H3. The van der Waals surface area contributed by atoms with Gasteiger partial charge in [0.1, 0.15) is 11.6 Å². The van der Waals surface area contributed by atoms with Crippen molar-refractivity contribution in [3.8, 4) is 0 Å². The third-order valence-corrected chi connectivity index (χ3v) is 5.60. The number of anilines is 1. The molecule has 0 unspecified atom stereocenters. The Bertz CT molecular complexity index is 814. The topological polar surface area (TPSA) is 6.48 Å². The molecule has 0 fully saturated rings. The number of nitrogens with zero attached hydrogens (tertiary/aromatic N) is 2. The summed E-state index contributed by atoms with van der Waals surface area (Å²) in [5.74, 6) is -0.457. The van der Waals surface area contributed by atoms with E-state index in [0.717, 1.165) is 67.8 Å². The molecule has 0 spiro atoms. The molecule has 0 radical (unpaired) electrons. The van der Waals surface area contributed by atoms with Gasteiger partial charge in [-0.25, -0.2) is 8.78 Å². The van der Waals surface area contributed by atoms with E-state index in [9.17, 15) is 8.78 Å². The molecule has 0 atom stereocenters. The van der Waals surface area contributed by atoms with Crippen molar-refractivity contribution in [3.63, 3.8) is 0 Å². The molecule has 1 heterocycles. The predicted molar refractivity (Wildman–Crippen MR) is 118 cm³/mol. The van der Waals surface area contributed by atoms with Crippen LogP contribution in [0, 0.1) is 11.6 Å². The van der Waals surface area contributed by atoms with E-state index in [2.05, 4.69) is 29.8 Å². The molecule has 0 saturated carbocycles. The van der Waals surface area contributed by atoms with Crippen LogP contribution in [0.25, 0.3) is 5.57 Å². The van der Waals surface area contributed by atoms with Crippen LogP contribution in [0.4, 0.5) is 14.5 Å². The number of hydrogen-bond donors (Lipinski definition) is 0. The van der Waals surface area contributed by atoms with Crippen LogP contribution in [0.2, 0.25) is 0 Å². The Kier molecular flexibility index (Phi) is 7.82. The Balaban J connectivity index is 1.71. The third-order valence-electron chi connectivity index (χ3n) is 5.60. The van der Waals surface area contributed by atoms with Gasteiger partial charge < -0.3 is 9.80 Å². The second kappa shape index (κ2) is 10.5. The predicted octanol–water partition coefficient (Wildman–Crippen LogP) is 6.12. The highest BCUT2D eigenvalue weighted by Gasteiger charge is 2.19. The minimum Gasteiger partial charge on any atom is -0.371 e. The Morgan fingerprint density at radius 1 is 0.931 bits per heavy atom. The maximum atomic E-state index is 14.1. The first-order valence-electron chi connectivity index (χ1n) is 10.8. The van der Waals surface area contributed by atoms with Crippen molar-refractivity contribution in [3.05, 3.63) is 71.3 Å². The van der Waals surface area contributed by atoms with Gasteiger partial charge in [-0.1, -0.05) is 31.6 Å². The summed E-state index contributed by atoms with van der Waals surface area (Å²) in [5.41, 5.74) is 3.99. The van der Waals surface area contributed by atoms with Crippen molar-refractivity contribution in [2.24, 2.45) is 0 Å². The highest BCUT2D eigenvalue weighted by Crippen LogP contribution is 2.35. The van der Waals surface area contributed by atoms with Crippen molar-refractivity contribution >= 4 is 11.3 Å². The zero-order valence-corrected chi connectivity index (χ0v) is 17.6. The second-order valence-corrected chi connectivity index (χ2v) is 7.93. The first-order chi connectivity index (χ1) is 14.1. The van der Waals surface area contributed by atoms with Gasteiger partial charge in [0, 0.05) is 24.3 Å². The number of hydrogen-bond acceptors (Lipinski definition) is 2. The van der Waals surface area contributed by atoms with Gasteiger partial charge >= 0.3 is 0 Å². The fourth-order valence-electron chi connectivity index (χ4n) is 3.95. The number of unbranched alkanes of at least 4 members (excludes halogenated alkanes) is 2. The fraction of sp³-hybridized carbons (Fsp3) is 0.440. The molecular formula is C25H32F2N2. The quantitative estimate of drug-likeness (QED) is 0.470. The van der Waals surface area contributed by atoms with Gasteiger partial charge in [-0.3, -0.25) is 0 Å². The van der Waals surface area contributed by atoms with E-state index in [1.807, 2.05) is 6.07 Å². The van der Waals surface area contributed by atoms with Crippen LogP contribution in [0.3, 0.4) is 0 Å². The van der Waals surface area contributed by atoms with Crippen LogP contribution in [0.1, 0.15) is 50.2 Å². The normalized spacial score (nSPS) is 14.0. The Hall–Kier alpha value is -2.20. The summed E-state index contributed by atoms with van der Waals surface area (Å²) in [6.07, 6.45) is 7.77. The molecule has 0 amide bonds. The van der Waals surface area contributed by atoms with Gasteiger partial charge in [0.05, 0.1) is 0 Å². The van der Waals surface area contributed by atoms with E-state index in [4.69, 9.17) is 0 Å². The van der Waals surface area contributed by atoms with Crippen molar-refractivity contribution in [2.75, 3.05) is 38.1 Å². The first kappa shape index (κ1) is 21.5. The summed E-state index contributed by atoms with van der Waals surface area (Å²) in [5, 5.41) is 0. The molecule has 1 aliphatic heterocycles. The van der Waals surface area contributed by atoms with E-state index in [1.54, 1.807) is 18.2 Å². The van der Waals surface area contributed by atoms with E-state index >= 15 is 0 Å². The van der Waals surface area contributed by atoms with Crippen LogP contribution >= 0.6 is 0 Å². The van der Waals surface area contributed by atoms with E-state index in [1.165, 1.54) is 31.0 Å². The van der Waals surface area contributed by atoms with Crippen LogP contribution in [0.5, 0.6) is 0 Å². The van der Waals surface area contributed by atoms with E-state index < -0.39 is 0 Å². The first-order valence-corrected chi connectivity index (χ1v) is 10.8. The molecule has 0 saturated heterocycles. The third kappa shape index (κ3) is 5.89. The molecule has 0 aliphatic carbocycles. The smallest absolute Gasteiger partial charge is 0.125 e. The number of benzene rings is 2. The minimum atomic E-state index is -0.243. The molecule has 0 N–H and O–H groups in total. The lowest BCUT2D eigenvalue weighted by molar-refractivity contribution is 0.320. The molecule has 0 aromatic heterocycles. The summed E-state index contributed by atoms with van der Waals surface area (Å²) >= 11 is 0. The lowest BCUT2D eigenvalue weighted by Gasteiger charge is -2.26. The Labute approximate surface area is 173 Å². The van der Waals surface area contributed by atoms with Crippen molar-refractivity contribution in [2.45, 2.75) is 39.0 Å². The average molecular weight is 399 g/mol. The van der Waals surface area contributed by atoms with Crippen LogP contribution in [-0.2, 0) is 0 Å². The maximum Gasteiger partial charge on any atom is 0.125 e. The summed E-state index contributed by atoms with van der Waals surface area (Å²) in [6, 6.07) is 11.6. The van der Waals surface area contributed by atoms with Gasteiger partial charge in [-0.2, -0.15) is 0 Å². The summed E-state index contributed by atoms with van der Waals surface area (Å²) in [6.45, 7) is 6.26. The molecule has 4 heteroatoms. The highest BCUT2D eigenvalue weighted by molar-refractivity contribution is 5.87. The SMILES string of the molecule is CCCCN(C)CCCCN1CCC=C(c2ccc(F)cc2)c2ccc(F)cc21. The minimum absolute atomic E-state index is 0.214. The number of halogens is 2. The van der Waals surface area contributed by atoms with Gasteiger partial charge in [0.15, 0.2) is 0 Å². The molecule has 1 aliphatic rings. The molecule has 156 valence electrons. The number of rotatable bonds is 9. The van der Waals surface area contributed by atoms with Crippen molar-refractivity contribution in [1.82, 2.24) is 4.90 Å². The van der Waals surface area contributed by atoms with Gasteiger partial charge in [0.2, 0.25) is 0 Å². The van der Waals surface area contributed by atoms with E-state index in [0.29, 0.717) is 0 Å². The monoisotopic (exact) mass is 398 g/mol. The lowest BCUT2D eigenvalue weighted by atomic mass is 9.96. The molecule has 3 rings (SSSR count). The highest BCUT2D eigenvalue weighted by atomic mass is 19.1. The molecule has 29 heavy (non-hydrogen) atoms. The molecule has 2 aromatic carbocycles. The van der Waals surface area contributed by atoms with Crippen molar-refractivity contribution in [1.29, 1.82) is 0 Å². The zero-order chi connectivity index (χ0) is 20.6. The average Bonchev–Trinajstić information content (AvgIpc) is 2.89. The van der Waals surface area contributed by atoms with Gasteiger partial charge in [-0.15, -0.1) is 0 Å². The molecule has 0 bridgehead atoms. The molecule has 2 aromatic rings. The summed E-state index contributed by atoms with van der Waals surface area (Å²) in [4.78, 5) is 4.70. The summed E-state index contributed by atoms with van der Waals surface area (Å²) < 4.78 is 27.5. The van der Waals surface area contributed by atoms with Crippen LogP contribution < -0.4 is 4.90 Å². The Morgan fingerprint density at radius 2 is 1.66 bits per heavy atom. The summed E-state index contributed by atoms with van der Waals surface area (Å²) in [7, 11) is 2.19. The van der Waals surface area contributed by atoms with E-state index in [-0.39, 0.29) is 11.6 Å². The van der Waals surface area contributed by atoms with Crippen molar-refractivity contribution < 1.29 is 8.78 Å². The lowest BCUT2D eigenvalue weighted by Crippen LogP contribution is -2.27.